The maximum Gasteiger partial charge on any atom is 0.0647 e. The Bertz CT molecular complexity index is 429. The van der Waals surface area contributed by atoms with Gasteiger partial charge in [-0.3, -0.25) is 0 Å². The molecule has 0 bridgehead atoms. The van der Waals surface area contributed by atoms with Crippen LogP contribution >= 0.6 is 0 Å². The topological polar surface area (TPSA) is 50.3 Å². The molecule has 0 saturated heterocycles. The van der Waals surface area contributed by atoms with Gasteiger partial charge in [0.25, 0.3) is 0 Å². The molecule has 2 rings (SSSR count). The van der Waals surface area contributed by atoms with Crippen molar-refractivity contribution in [3.8, 4) is 11.4 Å². The average Bonchev–Trinajstić information content (AvgIpc) is 3.01. The summed E-state index contributed by atoms with van der Waals surface area (Å²) < 4.78 is 4.31. The molecule has 2 N–H and O–H groups in total. The van der Waals surface area contributed by atoms with E-state index < -0.39 is 0 Å². The number of aliphatic hydroxyl groups excluding tert-OH is 2. The highest BCUT2D eigenvalue weighted by Crippen LogP contribution is 2.21. The number of rotatable bonds is 7. The SMILES string of the molecule is OCCCn1cccc1-c1cccn1CCCO. The molecule has 0 saturated carbocycles. The van der Waals surface area contributed by atoms with Crippen LogP contribution in [0.15, 0.2) is 36.7 Å². The van der Waals surface area contributed by atoms with Gasteiger partial charge in [0.1, 0.15) is 0 Å². The van der Waals surface area contributed by atoms with E-state index >= 15 is 0 Å². The summed E-state index contributed by atoms with van der Waals surface area (Å²) in [6, 6.07) is 8.22. The van der Waals surface area contributed by atoms with Crippen molar-refractivity contribution in [3.63, 3.8) is 0 Å². The molecule has 98 valence electrons. The molecule has 0 atom stereocenters. The van der Waals surface area contributed by atoms with Gasteiger partial charge in [0.15, 0.2) is 0 Å². The van der Waals surface area contributed by atoms with E-state index in [4.69, 9.17) is 10.2 Å². The predicted octanol–water partition coefficient (Wildman–Crippen LogP) is 1.72. The van der Waals surface area contributed by atoms with Crippen LogP contribution in [0.2, 0.25) is 0 Å². The number of nitrogens with zero attached hydrogens (tertiary/aromatic N) is 2. The van der Waals surface area contributed by atoms with Crippen LogP contribution < -0.4 is 0 Å². The fraction of sp³-hybridized carbons (Fsp3) is 0.429. The maximum atomic E-state index is 8.91. The molecule has 0 aromatic carbocycles. The molecule has 0 aliphatic rings. The highest BCUT2D eigenvalue weighted by molar-refractivity contribution is 5.56. The molecule has 2 aromatic heterocycles. The second kappa shape index (κ2) is 6.42. The first-order chi connectivity index (χ1) is 8.86. The summed E-state index contributed by atoms with van der Waals surface area (Å²) in [7, 11) is 0. The van der Waals surface area contributed by atoms with Gasteiger partial charge < -0.3 is 19.3 Å². The van der Waals surface area contributed by atoms with Crippen molar-refractivity contribution in [2.24, 2.45) is 0 Å². The molecule has 0 amide bonds. The summed E-state index contributed by atoms with van der Waals surface area (Å²) in [5.41, 5.74) is 2.32. The van der Waals surface area contributed by atoms with E-state index in [9.17, 15) is 0 Å². The van der Waals surface area contributed by atoms with Gasteiger partial charge >= 0.3 is 0 Å². The van der Waals surface area contributed by atoms with Crippen LogP contribution in [0.3, 0.4) is 0 Å². The zero-order chi connectivity index (χ0) is 12.8. The lowest BCUT2D eigenvalue weighted by molar-refractivity contribution is 0.279. The van der Waals surface area contributed by atoms with Crippen molar-refractivity contribution in [3.05, 3.63) is 36.7 Å². The summed E-state index contributed by atoms with van der Waals surface area (Å²) >= 11 is 0. The van der Waals surface area contributed by atoms with E-state index in [1.807, 2.05) is 24.5 Å². The smallest absolute Gasteiger partial charge is 0.0647 e. The third-order valence-electron chi connectivity index (χ3n) is 3.04. The van der Waals surface area contributed by atoms with Gasteiger partial charge in [-0.1, -0.05) is 0 Å². The molecule has 4 heteroatoms. The Hall–Kier alpha value is -1.52. The Labute approximate surface area is 107 Å². The summed E-state index contributed by atoms with van der Waals surface area (Å²) in [5, 5.41) is 17.8. The zero-order valence-electron chi connectivity index (χ0n) is 10.5. The second-order valence-electron chi connectivity index (χ2n) is 4.33. The molecular formula is C14H20N2O2. The fourth-order valence-electron chi connectivity index (χ4n) is 2.17. The first-order valence-corrected chi connectivity index (χ1v) is 6.39. The average molecular weight is 248 g/mol. The van der Waals surface area contributed by atoms with E-state index in [2.05, 4.69) is 21.3 Å². The molecule has 2 heterocycles. The van der Waals surface area contributed by atoms with E-state index in [-0.39, 0.29) is 13.2 Å². The summed E-state index contributed by atoms with van der Waals surface area (Å²) in [5.74, 6) is 0. The quantitative estimate of drug-likeness (QED) is 0.784. The first-order valence-electron chi connectivity index (χ1n) is 6.39. The fourth-order valence-corrected chi connectivity index (χ4v) is 2.17. The van der Waals surface area contributed by atoms with E-state index in [0.717, 1.165) is 37.3 Å². The van der Waals surface area contributed by atoms with Crippen LogP contribution in [-0.2, 0) is 13.1 Å². The van der Waals surface area contributed by atoms with Gasteiger partial charge in [0.2, 0.25) is 0 Å². The minimum atomic E-state index is 0.211. The van der Waals surface area contributed by atoms with Gasteiger partial charge in [-0.15, -0.1) is 0 Å². The van der Waals surface area contributed by atoms with Crippen molar-refractivity contribution < 1.29 is 10.2 Å². The maximum absolute atomic E-state index is 8.91. The van der Waals surface area contributed by atoms with Crippen molar-refractivity contribution in [1.29, 1.82) is 0 Å². The minimum Gasteiger partial charge on any atom is -0.396 e. The Morgan fingerprint density at radius 1 is 0.778 bits per heavy atom. The highest BCUT2D eigenvalue weighted by atomic mass is 16.3. The number of hydrogen-bond acceptors (Lipinski definition) is 2. The zero-order valence-corrected chi connectivity index (χ0v) is 10.5. The van der Waals surface area contributed by atoms with Crippen LogP contribution in [0.1, 0.15) is 12.8 Å². The molecule has 0 fully saturated rings. The lowest BCUT2D eigenvalue weighted by atomic mass is 10.3. The Morgan fingerprint density at radius 2 is 1.22 bits per heavy atom. The second-order valence-corrected chi connectivity index (χ2v) is 4.33. The molecule has 0 unspecified atom stereocenters. The Kier molecular flexibility index (Phi) is 4.61. The lowest BCUT2D eigenvalue weighted by Gasteiger charge is -2.12. The van der Waals surface area contributed by atoms with Crippen LogP contribution in [0.4, 0.5) is 0 Å². The Morgan fingerprint density at radius 3 is 1.61 bits per heavy atom. The Balaban J connectivity index is 2.20. The van der Waals surface area contributed by atoms with E-state index in [1.165, 1.54) is 0 Å². The van der Waals surface area contributed by atoms with Gasteiger partial charge in [0.05, 0.1) is 11.4 Å². The monoisotopic (exact) mass is 248 g/mol. The molecule has 2 aromatic rings. The first kappa shape index (κ1) is 12.9. The van der Waals surface area contributed by atoms with Gasteiger partial charge in [0, 0.05) is 38.7 Å². The van der Waals surface area contributed by atoms with E-state index in [1.54, 1.807) is 0 Å². The number of aryl methyl sites for hydroxylation is 2. The molecule has 0 aliphatic heterocycles. The normalized spacial score (nSPS) is 11.0. The van der Waals surface area contributed by atoms with Gasteiger partial charge in [-0.05, 0) is 37.1 Å². The molecule has 0 spiro atoms. The third-order valence-corrected chi connectivity index (χ3v) is 3.04. The number of aliphatic hydroxyl groups is 2. The van der Waals surface area contributed by atoms with Crippen molar-refractivity contribution in [2.45, 2.75) is 25.9 Å². The van der Waals surface area contributed by atoms with Gasteiger partial charge in [-0.25, -0.2) is 0 Å². The molecule has 0 radical (unpaired) electrons. The van der Waals surface area contributed by atoms with Crippen LogP contribution in [-0.4, -0.2) is 32.6 Å². The third kappa shape index (κ3) is 2.83. The lowest BCUT2D eigenvalue weighted by Crippen LogP contribution is -2.05. The standard InChI is InChI=1S/C14H20N2O2/c17-11-3-9-15-7-1-5-13(15)14-6-2-8-16(14)10-4-12-18/h1-2,5-8,17-18H,3-4,9-12H2. The number of hydrogen-bond donors (Lipinski definition) is 2. The van der Waals surface area contributed by atoms with Crippen molar-refractivity contribution >= 4 is 0 Å². The molecular weight excluding hydrogens is 228 g/mol. The summed E-state index contributed by atoms with van der Waals surface area (Å²) in [4.78, 5) is 0. The minimum absolute atomic E-state index is 0.211. The van der Waals surface area contributed by atoms with Crippen LogP contribution in [0, 0.1) is 0 Å². The largest absolute Gasteiger partial charge is 0.396 e. The van der Waals surface area contributed by atoms with E-state index in [0.29, 0.717) is 0 Å². The van der Waals surface area contributed by atoms with Gasteiger partial charge in [-0.2, -0.15) is 0 Å². The summed E-state index contributed by atoms with van der Waals surface area (Å²) in [6.45, 7) is 2.07. The molecule has 18 heavy (non-hydrogen) atoms. The van der Waals surface area contributed by atoms with Crippen molar-refractivity contribution in [2.75, 3.05) is 13.2 Å². The van der Waals surface area contributed by atoms with Crippen LogP contribution in [0.5, 0.6) is 0 Å². The molecule has 0 aliphatic carbocycles. The summed E-state index contributed by atoms with van der Waals surface area (Å²) in [6.07, 6.45) is 5.60. The molecule has 4 nitrogen and oxygen atoms in total. The number of aromatic nitrogens is 2. The predicted molar refractivity (Wildman–Crippen MR) is 71.3 cm³/mol. The van der Waals surface area contributed by atoms with Crippen molar-refractivity contribution in [1.82, 2.24) is 9.13 Å². The van der Waals surface area contributed by atoms with Crippen LogP contribution in [0.25, 0.3) is 11.4 Å². The highest BCUT2D eigenvalue weighted by Gasteiger charge is 2.08.